The van der Waals surface area contributed by atoms with E-state index in [1.165, 1.54) is 24.3 Å². The van der Waals surface area contributed by atoms with Crippen LogP contribution in [0.25, 0.3) is 6.05 Å². The van der Waals surface area contributed by atoms with Crippen LogP contribution in [0.2, 0.25) is 0 Å². The van der Waals surface area contributed by atoms with Crippen LogP contribution in [-0.4, -0.2) is 56.9 Å². The number of carbonyl (C=O) groups excluding carboxylic acids is 1. The van der Waals surface area contributed by atoms with Crippen LogP contribution in [0.4, 0.5) is 10.5 Å². The molecule has 0 heterocycles. The number of nitrogens with two attached hydrogens (primary N) is 1. The Bertz CT molecular complexity index is 1210. The third-order valence-corrected chi connectivity index (χ3v) is 3.76. The lowest BCUT2D eigenvalue weighted by molar-refractivity contribution is -0.119. The van der Waals surface area contributed by atoms with Gasteiger partial charge in [-0.25, -0.2) is 4.79 Å². The van der Waals surface area contributed by atoms with Gasteiger partial charge in [-0.3, -0.25) is 9.69 Å². The zero-order chi connectivity index (χ0) is 31.6. The molecule has 0 spiro atoms. The maximum absolute atomic E-state index is 11.7. The molecule has 0 saturated heterocycles. The van der Waals surface area contributed by atoms with E-state index in [0.717, 1.165) is 4.90 Å². The lowest BCUT2D eigenvalue weighted by Gasteiger charge is -2.25. The van der Waals surface area contributed by atoms with Crippen LogP contribution >= 0.6 is 12.4 Å². The second-order valence-corrected chi connectivity index (χ2v) is 5.74. The van der Waals surface area contributed by atoms with Gasteiger partial charge < -0.3 is 25.6 Å². The number of nitrogens with zero attached hydrogens (tertiary/aromatic N) is 1. The normalized spacial score (nSPS) is 32.2. The van der Waals surface area contributed by atoms with E-state index >= 15 is 0 Å². The number of nitrogens with one attached hydrogen (secondary N) is 1. The summed E-state index contributed by atoms with van der Waals surface area (Å²) in [4.78, 5) is 23.9. The second-order valence-electron chi connectivity index (χ2n) is 5.74. The first-order chi connectivity index (χ1) is 18.6. The molecule has 0 aliphatic heterocycles. The third-order valence-electron chi connectivity index (χ3n) is 3.76. The molecule has 0 fully saturated rings. The smallest absolute Gasteiger partial charge is 0.411 e. The quantitative estimate of drug-likeness (QED) is 0.531. The molecule has 1 aromatic rings. The van der Waals surface area contributed by atoms with E-state index in [1.54, 1.807) is 0 Å². The van der Waals surface area contributed by atoms with Gasteiger partial charge in [-0.15, -0.1) is 12.4 Å². The van der Waals surface area contributed by atoms with E-state index < -0.39 is 68.7 Å². The molecule has 1 aromatic carbocycles. The van der Waals surface area contributed by atoms with Crippen molar-refractivity contribution in [1.29, 1.82) is 0 Å². The summed E-state index contributed by atoms with van der Waals surface area (Å²) in [7, 11) is -6.49. The first-order valence-electron chi connectivity index (χ1n) is 14.4. The number of carboxylic acid groups (broad SMARTS) is 1. The van der Waals surface area contributed by atoms with E-state index in [0.29, 0.717) is 6.08 Å². The third kappa shape index (κ3) is 7.70. The summed E-state index contributed by atoms with van der Waals surface area (Å²) in [5.41, 5.74) is 5.21. The molecule has 1 aliphatic carbocycles. The van der Waals surface area contributed by atoms with Gasteiger partial charge in [0.05, 0.1) is 37.8 Å². The number of rotatable bonds is 9. The Morgan fingerprint density at radius 2 is 2.23 bits per heavy atom. The van der Waals surface area contributed by atoms with Gasteiger partial charge in [0.1, 0.15) is 0 Å². The first-order valence-corrected chi connectivity index (χ1v) is 8.43. The fourth-order valence-corrected chi connectivity index (χ4v) is 2.37. The molecule has 0 saturated carbocycles. The molecule has 8 nitrogen and oxygen atoms in total. The molecule has 0 radical (unpaired) electrons. The molecule has 2 atom stereocenters. The standard InChI is InChI=1S/C21H29N3O5.ClH/c1-28-18-11-16(12-19(13-18)29-2)4-3-15-5-7-17(8-6-15)24(21(26)27)10-9-23-20(25)14-22;/h3-8,11,16,19H,9-10,12-14,22H2,1-2H3,(H,23,25)(H,26,27);1H/b4-3+;/i1D3,2D3,3D,4D,12D2,16D,19D;. The van der Waals surface area contributed by atoms with Crippen molar-refractivity contribution in [1.82, 2.24) is 5.32 Å². The highest BCUT2D eigenvalue weighted by Gasteiger charge is 2.21. The molecule has 2 amide bonds. The maximum atomic E-state index is 11.7. The fraction of sp³-hybridized carbons (Fsp3) is 0.429. The molecule has 4 N–H and O–H groups in total. The van der Waals surface area contributed by atoms with Crippen LogP contribution in [-0.2, 0) is 14.3 Å². The van der Waals surface area contributed by atoms with Crippen LogP contribution in [0.15, 0.2) is 42.2 Å². The highest BCUT2D eigenvalue weighted by molar-refractivity contribution is 5.86. The minimum atomic E-state index is -3.35. The van der Waals surface area contributed by atoms with Crippen molar-refractivity contribution in [3.8, 4) is 0 Å². The zero-order valence-corrected chi connectivity index (χ0v) is 16.5. The van der Waals surface area contributed by atoms with Crippen molar-refractivity contribution in [2.45, 2.75) is 18.9 Å². The molecule has 9 heteroatoms. The number of carbonyl (C=O) groups is 2. The van der Waals surface area contributed by atoms with Crippen LogP contribution in [0.3, 0.4) is 0 Å². The Hall–Kier alpha value is -2.55. The van der Waals surface area contributed by atoms with E-state index in [-0.39, 0.29) is 43.3 Å². The number of hydrogen-bond donors (Lipinski definition) is 3. The van der Waals surface area contributed by atoms with Crippen molar-refractivity contribution in [3.05, 3.63) is 47.7 Å². The topological polar surface area (TPSA) is 114 Å². The van der Waals surface area contributed by atoms with Gasteiger partial charge in [0.2, 0.25) is 5.91 Å². The number of hydrogen-bond acceptors (Lipinski definition) is 5. The molecule has 0 bridgehead atoms. The molecule has 1 aliphatic rings. The van der Waals surface area contributed by atoms with Gasteiger partial charge in [-0.05, 0) is 30.1 Å². The maximum Gasteiger partial charge on any atom is 0.411 e. The van der Waals surface area contributed by atoms with Crippen LogP contribution in [0.5, 0.6) is 0 Å². The van der Waals surface area contributed by atoms with E-state index in [4.69, 9.17) is 26.9 Å². The van der Waals surface area contributed by atoms with Crippen molar-refractivity contribution < 1.29 is 40.6 Å². The monoisotopic (exact) mass is 451 g/mol. The van der Waals surface area contributed by atoms with Crippen molar-refractivity contribution in [3.63, 3.8) is 0 Å². The van der Waals surface area contributed by atoms with Gasteiger partial charge in [0.15, 0.2) is 0 Å². The minimum absolute atomic E-state index is 0. The molecule has 30 heavy (non-hydrogen) atoms. The molecule has 166 valence electrons. The Balaban J connectivity index is 0.00000882. The van der Waals surface area contributed by atoms with Gasteiger partial charge >= 0.3 is 6.09 Å². The number of allylic oxidation sites excluding steroid dienone is 2. The molecule has 0 aromatic heterocycles. The highest BCUT2D eigenvalue weighted by Crippen LogP contribution is 2.27. The van der Waals surface area contributed by atoms with Gasteiger partial charge in [-0.2, -0.15) is 0 Å². The molecular formula is C21H30ClN3O5. The second kappa shape index (κ2) is 12.9. The minimum Gasteiger partial charge on any atom is -0.501 e. The van der Waals surface area contributed by atoms with Gasteiger partial charge in [-0.1, -0.05) is 24.2 Å². The lowest BCUT2D eigenvalue weighted by atomic mass is 9.91. The van der Waals surface area contributed by atoms with Crippen molar-refractivity contribution >= 4 is 36.1 Å². The summed E-state index contributed by atoms with van der Waals surface area (Å²) in [6.45, 7) is -0.495. The first kappa shape index (κ1) is 12.3. The number of anilines is 1. The number of methoxy groups -OCH3 is 2. The number of halogens is 1. The van der Waals surface area contributed by atoms with Crippen LogP contribution in [0.1, 0.15) is 34.8 Å². The zero-order valence-electron chi connectivity index (χ0n) is 27.7. The van der Waals surface area contributed by atoms with Crippen LogP contribution in [0, 0.1) is 5.89 Å². The Morgan fingerprint density at radius 1 is 1.47 bits per heavy atom. The summed E-state index contributed by atoms with van der Waals surface area (Å²) >= 11 is 0. The van der Waals surface area contributed by atoms with Crippen molar-refractivity contribution in [2.75, 3.05) is 38.6 Å². The predicted octanol–water partition coefficient (Wildman–Crippen LogP) is 2.64. The average molecular weight is 452 g/mol. The van der Waals surface area contributed by atoms with Gasteiger partial charge in [0, 0.05) is 42.2 Å². The summed E-state index contributed by atoms with van der Waals surface area (Å²) in [5, 5.41) is 11.9. The Labute approximate surface area is 200 Å². The molecule has 2 unspecified atom stereocenters. The van der Waals surface area contributed by atoms with Crippen molar-refractivity contribution in [2.24, 2.45) is 11.6 Å². The Morgan fingerprint density at radius 3 is 2.87 bits per heavy atom. The summed E-state index contributed by atoms with van der Waals surface area (Å²) in [6.07, 6.45) is -8.25. The van der Waals surface area contributed by atoms with E-state index in [9.17, 15) is 14.7 Å². The molecular weight excluding hydrogens is 410 g/mol. The van der Waals surface area contributed by atoms with Crippen LogP contribution < -0.4 is 16.0 Å². The predicted molar refractivity (Wildman–Crippen MR) is 119 cm³/mol. The Kier molecular flexibility index (Phi) is 5.30. The lowest BCUT2D eigenvalue weighted by Crippen LogP contribution is -2.39. The fourth-order valence-electron chi connectivity index (χ4n) is 2.37. The molecule has 2 rings (SSSR count). The average Bonchev–Trinajstić information content (AvgIpc) is 2.82. The van der Waals surface area contributed by atoms with Gasteiger partial charge in [0.25, 0.3) is 0 Å². The number of amides is 2. The number of benzene rings is 1. The summed E-state index contributed by atoms with van der Waals surface area (Å²) < 4.78 is 105. The van der Waals surface area contributed by atoms with E-state index in [2.05, 4.69) is 10.1 Å². The SMILES string of the molecule is Cl.[2H]/C(=C(/[2H])C1([2H])C=C(OC([2H])([2H])[2H])CC([2H])(OC([2H])([2H])[2H])C1([2H])[2H])c1ccc(N(CCNC(=O)CN)C(=O)O)cc1. The van der Waals surface area contributed by atoms with E-state index in [1.807, 2.05) is 0 Å². The summed E-state index contributed by atoms with van der Waals surface area (Å²) in [5.74, 6) is -4.24. The highest BCUT2D eigenvalue weighted by atomic mass is 35.5. The summed E-state index contributed by atoms with van der Waals surface area (Å²) in [6, 6.07) is 3.07. The largest absolute Gasteiger partial charge is 0.501 e. The number of ether oxygens (including phenoxy) is 2.